The Bertz CT molecular complexity index is 1430. The van der Waals surface area contributed by atoms with Gasteiger partial charge in [0.05, 0.1) is 16.6 Å². The van der Waals surface area contributed by atoms with E-state index < -0.39 is 0 Å². The Morgan fingerprint density at radius 1 is 1.18 bits per heavy atom. The number of aromatic amines is 2. The van der Waals surface area contributed by atoms with Gasteiger partial charge in [-0.3, -0.25) is 19.1 Å². The van der Waals surface area contributed by atoms with Crippen molar-refractivity contribution in [1.29, 1.82) is 0 Å². The van der Waals surface area contributed by atoms with Crippen molar-refractivity contribution in [3.05, 3.63) is 46.5 Å². The molecule has 0 radical (unpaired) electrons. The number of nitrogens with one attached hydrogen (secondary N) is 2. The van der Waals surface area contributed by atoms with Gasteiger partial charge in [0.1, 0.15) is 7.85 Å². The zero-order valence-corrected chi connectivity index (χ0v) is 18.3. The highest BCUT2D eigenvalue weighted by Gasteiger charge is 2.26. The Hall–Kier alpha value is -3.89. The number of hydrogen-bond acceptors (Lipinski definition) is 6. The second-order valence-electron chi connectivity index (χ2n) is 8.52. The standard InChI is InChI=1S/C22H24BN7O3/c23-14-10-12(11-15-19(14)27-21(24)26-15)17(31)3-4-18(32)29-8-5-13(6-9-29)30-16-2-1-7-25-20(16)28-22(30)33/h1-2,7,10-11,13H,3-6,8-9,23H2,(H3,24,26,27)(H,25,28,33). The van der Waals surface area contributed by atoms with Crippen molar-refractivity contribution in [2.45, 2.75) is 31.7 Å². The van der Waals surface area contributed by atoms with Crippen LogP contribution in [-0.4, -0.2) is 62.0 Å². The minimum absolute atomic E-state index is 0.0112. The Morgan fingerprint density at radius 3 is 2.76 bits per heavy atom. The van der Waals surface area contributed by atoms with E-state index >= 15 is 0 Å². The van der Waals surface area contributed by atoms with Gasteiger partial charge in [-0.15, -0.1) is 0 Å². The Balaban J connectivity index is 1.20. The van der Waals surface area contributed by atoms with Crippen molar-refractivity contribution in [3.63, 3.8) is 0 Å². The normalized spacial score (nSPS) is 14.8. The number of aromatic nitrogens is 5. The molecule has 0 atom stereocenters. The number of rotatable bonds is 5. The zero-order valence-electron chi connectivity index (χ0n) is 18.3. The molecule has 0 bridgehead atoms. The maximum Gasteiger partial charge on any atom is 0.327 e. The molecule has 1 amide bonds. The molecule has 0 spiro atoms. The number of anilines is 1. The smallest absolute Gasteiger partial charge is 0.327 e. The van der Waals surface area contributed by atoms with Crippen LogP contribution >= 0.6 is 0 Å². The number of carbonyl (C=O) groups is 2. The minimum atomic E-state index is -0.176. The first kappa shape index (κ1) is 21.0. The summed E-state index contributed by atoms with van der Waals surface area (Å²) in [5.74, 6) is 0.168. The predicted octanol–water partition coefficient (Wildman–Crippen LogP) is 0.268. The third-order valence-corrected chi connectivity index (χ3v) is 6.37. The maximum atomic E-state index is 12.7. The molecule has 4 aromatic rings. The number of piperidine rings is 1. The van der Waals surface area contributed by atoms with E-state index in [0.29, 0.717) is 48.6 Å². The number of imidazole rings is 2. The van der Waals surface area contributed by atoms with Crippen LogP contribution in [-0.2, 0) is 4.79 Å². The summed E-state index contributed by atoms with van der Waals surface area (Å²) in [6.45, 7) is 1.10. The molecule has 4 N–H and O–H groups in total. The number of nitrogen functional groups attached to an aromatic ring is 1. The van der Waals surface area contributed by atoms with E-state index in [-0.39, 0.29) is 36.3 Å². The van der Waals surface area contributed by atoms with Crippen LogP contribution in [0.2, 0.25) is 0 Å². The number of ketones is 1. The molecule has 0 saturated carbocycles. The zero-order chi connectivity index (χ0) is 23.1. The molecular weight excluding hydrogens is 421 g/mol. The number of carbonyl (C=O) groups excluding carboxylic acids is 2. The molecule has 33 heavy (non-hydrogen) atoms. The molecule has 3 aromatic heterocycles. The summed E-state index contributed by atoms with van der Waals surface area (Å²) in [4.78, 5) is 53.8. The number of nitrogens with zero attached hydrogens (tertiary/aromatic N) is 4. The predicted molar refractivity (Wildman–Crippen MR) is 127 cm³/mol. The summed E-state index contributed by atoms with van der Waals surface area (Å²) in [5, 5.41) is 0. The summed E-state index contributed by atoms with van der Waals surface area (Å²) < 4.78 is 1.74. The molecule has 1 fully saturated rings. The lowest BCUT2D eigenvalue weighted by Gasteiger charge is -2.32. The summed E-state index contributed by atoms with van der Waals surface area (Å²) in [5.41, 5.74) is 9.77. The van der Waals surface area contributed by atoms with Gasteiger partial charge < -0.3 is 15.6 Å². The van der Waals surface area contributed by atoms with Crippen molar-refractivity contribution in [1.82, 2.24) is 29.4 Å². The van der Waals surface area contributed by atoms with E-state index in [1.807, 2.05) is 20.0 Å². The molecule has 0 aliphatic carbocycles. The van der Waals surface area contributed by atoms with Crippen LogP contribution in [0.15, 0.2) is 35.3 Å². The lowest BCUT2D eigenvalue weighted by molar-refractivity contribution is -0.132. The Kier molecular flexibility index (Phi) is 5.23. The summed E-state index contributed by atoms with van der Waals surface area (Å²) in [6.07, 6.45) is 3.29. The monoisotopic (exact) mass is 445 g/mol. The van der Waals surface area contributed by atoms with Crippen molar-refractivity contribution >= 4 is 53.1 Å². The highest BCUT2D eigenvalue weighted by Crippen LogP contribution is 2.25. The number of pyridine rings is 1. The molecule has 10 nitrogen and oxygen atoms in total. The maximum absolute atomic E-state index is 12.7. The van der Waals surface area contributed by atoms with Gasteiger partial charge in [-0.2, -0.15) is 0 Å². The van der Waals surface area contributed by atoms with Crippen molar-refractivity contribution < 1.29 is 9.59 Å². The van der Waals surface area contributed by atoms with Crippen LogP contribution in [0.3, 0.4) is 0 Å². The number of Topliss-reactive ketones (excluding diaryl/α,β-unsaturated/α-hetero) is 1. The van der Waals surface area contributed by atoms with Crippen molar-refractivity contribution in [3.8, 4) is 0 Å². The molecular formula is C22H24BN7O3. The van der Waals surface area contributed by atoms with Crippen molar-refractivity contribution in [2.24, 2.45) is 0 Å². The minimum Gasteiger partial charge on any atom is -0.369 e. The first-order valence-corrected chi connectivity index (χ1v) is 11.0. The highest BCUT2D eigenvalue weighted by molar-refractivity contribution is 6.38. The summed E-state index contributed by atoms with van der Waals surface area (Å²) >= 11 is 0. The third-order valence-electron chi connectivity index (χ3n) is 6.37. The first-order chi connectivity index (χ1) is 15.9. The van der Waals surface area contributed by atoms with Gasteiger partial charge in [-0.1, -0.05) is 11.5 Å². The summed E-state index contributed by atoms with van der Waals surface area (Å²) in [6, 6.07) is 7.20. The van der Waals surface area contributed by atoms with Crippen LogP contribution in [0.4, 0.5) is 5.95 Å². The molecule has 5 rings (SSSR count). The van der Waals surface area contributed by atoms with E-state index in [0.717, 1.165) is 16.5 Å². The molecule has 1 saturated heterocycles. The number of nitrogens with two attached hydrogens (primary N) is 1. The van der Waals surface area contributed by atoms with Gasteiger partial charge in [0.15, 0.2) is 17.4 Å². The number of H-pyrrole nitrogens is 2. The van der Waals surface area contributed by atoms with Gasteiger partial charge in [0, 0.05) is 43.7 Å². The van der Waals surface area contributed by atoms with Gasteiger partial charge in [-0.25, -0.2) is 14.8 Å². The lowest BCUT2D eigenvalue weighted by Crippen LogP contribution is -2.40. The average molecular weight is 445 g/mol. The fourth-order valence-corrected chi connectivity index (χ4v) is 4.68. The third kappa shape index (κ3) is 3.90. The molecule has 168 valence electrons. The van der Waals surface area contributed by atoms with E-state index in [4.69, 9.17) is 5.73 Å². The van der Waals surface area contributed by atoms with Crippen LogP contribution in [0.1, 0.15) is 42.1 Å². The van der Waals surface area contributed by atoms with Gasteiger partial charge in [0.25, 0.3) is 0 Å². The average Bonchev–Trinajstić information content (AvgIpc) is 3.35. The molecule has 11 heteroatoms. The van der Waals surface area contributed by atoms with Gasteiger partial charge >= 0.3 is 5.69 Å². The number of amides is 1. The SMILES string of the molecule is Bc1cc(C(=O)CCC(=O)N2CCC(n3c(=O)[nH]c4ncccc43)CC2)cc2nc(N)[nH]c12. The molecule has 1 aliphatic rings. The molecule has 1 aliphatic heterocycles. The molecule has 4 heterocycles. The lowest BCUT2D eigenvalue weighted by atomic mass is 9.91. The van der Waals surface area contributed by atoms with Crippen LogP contribution in [0, 0.1) is 0 Å². The van der Waals surface area contributed by atoms with E-state index in [1.165, 1.54) is 0 Å². The number of benzene rings is 1. The van der Waals surface area contributed by atoms with E-state index in [1.54, 1.807) is 27.8 Å². The summed E-state index contributed by atoms with van der Waals surface area (Å²) in [7, 11) is 1.89. The molecule has 0 unspecified atom stereocenters. The van der Waals surface area contributed by atoms with Crippen LogP contribution in [0.25, 0.3) is 22.2 Å². The van der Waals surface area contributed by atoms with E-state index in [2.05, 4.69) is 19.9 Å². The van der Waals surface area contributed by atoms with Gasteiger partial charge in [-0.05, 0) is 31.0 Å². The topological polar surface area (TPSA) is 143 Å². The number of fused-ring (bicyclic) bond motifs is 2. The second kappa shape index (κ2) is 8.23. The first-order valence-electron chi connectivity index (χ1n) is 11.0. The Morgan fingerprint density at radius 2 is 1.97 bits per heavy atom. The number of likely N-dealkylation sites (tertiary alicyclic amines) is 1. The Labute approximate surface area is 189 Å². The molecule has 1 aromatic carbocycles. The fraction of sp³-hybridized carbons (Fsp3) is 0.318. The highest BCUT2D eigenvalue weighted by atomic mass is 16.2. The van der Waals surface area contributed by atoms with E-state index in [9.17, 15) is 14.4 Å². The van der Waals surface area contributed by atoms with Crippen molar-refractivity contribution in [2.75, 3.05) is 18.8 Å². The largest absolute Gasteiger partial charge is 0.369 e. The van der Waals surface area contributed by atoms with Gasteiger partial charge in [0.2, 0.25) is 5.91 Å². The van der Waals surface area contributed by atoms with Crippen LogP contribution < -0.4 is 16.9 Å². The fourth-order valence-electron chi connectivity index (χ4n) is 4.68. The van der Waals surface area contributed by atoms with Crippen LogP contribution in [0.5, 0.6) is 0 Å². The number of hydrogen-bond donors (Lipinski definition) is 3. The second-order valence-corrected chi connectivity index (χ2v) is 8.52. The quantitative estimate of drug-likeness (QED) is 0.297.